The number of carbonyl (C=O) groups is 3. The molecule has 0 spiro atoms. The molecule has 174 valence electrons. The van der Waals surface area contributed by atoms with Crippen molar-refractivity contribution in [2.24, 2.45) is 0 Å². The molecule has 33 heavy (non-hydrogen) atoms. The number of benzene rings is 1. The number of amides is 1. The molecule has 0 atom stereocenters. The minimum absolute atomic E-state index is 0.0220. The summed E-state index contributed by atoms with van der Waals surface area (Å²) in [6.45, 7) is 3.66. The van der Waals surface area contributed by atoms with Gasteiger partial charge in [0.15, 0.2) is 5.76 Å². The van der Waals surface area contributed by atoms with Crippen molar-refractivity contribution in [3.8, 4) is 5.75 Å². The molecule has 2 heterocycles. The van der Waals surface area contributed by atoms with Crippen molar-refractivity contribution in [1.29, 1.82) is 0 Å². The molecule has 0 unspecified atom stereocenters. The van der Waals surface area contributed by atoms with Crippen molar-refractivity contribution >= 4 is 34.2 Å². The van der Waals surface area contributed by atoms with Crippen molar-refractivity contribution in [3.05, 3.63) is 69.7 Å². The third kappa shape index (κ3) is 5.78. The summed E-state index contributed by atoms with van der Waals surface area (Å²) in [5, 5.41) is 2.76. The monoisotopic (exact) mass is 475 g/mol. The number of carbonyl (C=O) groups excluding carboxylic acids is 3. The van der Waals surface area contributed by atoms with Gasteiger partial charge < -0.3 is 23.9 Å². The summed E-state index contributed by atoms with van der Waals surface area (Å²) in [6, 6.07) is 8.51. The molecule has 0 saturated carbocycles. The Morgan fingerprint density at radius 1 is 1.09 bits per heavy atom. The van der Waals surface area contributed by atoms with Gasteiger partial charge in [0, 0.05) is 0 Å². The second-order valence-corrected chi connectivity index (χ2v) is 7.87. The van der Waals surface area contributed by atoms with Crippen molar-refractivity contribution in [2.75, 3.05) is 19.0 Å². The van der Waals surface area contributed by atoms with E-state index in [0.717, 1.165) is 11.3 Å². The lowest BCUT2D eigenvalue weighted by atomic mass is 10.1. The fourth-order valence-corrected chi connectivity index (χ4v) is 3.94. The van der Waals surface area contributed by atoms with Crippen molar-refractivity contribution < 1.29 is 37.4 Å². The molecule has 1 aromatic carbocycles. The van der Waals surface area contributed by atoms with Gasteiger partial charge in [-0.3, -0.25) is 4.79 Å². The molecule has 1 amide bonds. The third-order valence-corrected chi connectivity index (χ3v) is 5.65. The van der Waals surface area contributed by atoms with E-state index in [0.29, 0.717) is 23.5 Å². The molecular weight excluding hydrogens is 453 g/mol. The van der Waals surface area contributed by atoms with E-state index in [9.17, 15) is 18.8 Å². The Morgan fingerprint density at radius 2 is 1.82 bits per heavy atom. The van der Waals surface area contributed by atoms with Gasteiger partial charge in [0.05, 0.1) is 19.3 Å². The quantitative estimate of drug-likeness (QED) is 0.436. The highest BCUT2D eigenvalue weighted by Gasteiger charge is 2.28. The standard InChI is InChI=1S/C23H22FNO7S/c1-4-11-30-22(27)18-13(2)19(23(28)29-3)33-21(18)25-20(26)17-10-9-16(32-17)12-31-15-7-5-14(24)6-8-15/h5-10H,4,11-12H2,1-3H3,(H,25,26). The number of anilines is 1. The second kappa shape index (κ2) is 10.8. The molecular formula is C23H22FNO7S. The number of halogens is 1. The maximum absolute atomic E-state index is 13.0. The van der Waals surface area contributed by atoms with Gasteiger partial charge in [0.1, 0.15) is 33.8 Å². The fraction of sp³-hybridized carbons (Fsp3) is 0.261. The topological polar surface area (TPSA) is 104 Å². The van der Waals surface area contributed by atoms with Crippen LogP contribution < -0.4 is 10.1 Å². The van der Waals surface area contributed by atoms with Gasteiger partial charge >= 0.3 is 11.9 Å². The zero-order valence-corrected chi connectivity index (χ0v) is 19.0. The van der Waals surface area contributed by atoms with Crippen molar-refractivity contribution in [1.82, 2.24) is 0 Å². The highest BCUT2D eigenvalue weighted by molar-refractivity contribution is 7.18. The third-order valence-electron chi connectivity index (χ3n) is 4.47. The Kier molecular flexibility index (Phi) is 7.83. The van der Waals surface area contributed by atoms with E-state index in [4.69, 9.17) is 18.6 Å². The molecule has 0 aliphatic rings. The van der Waals surface area contributed by atoms with Crippen LogP contribution in [0.15, 0.2) is 40.8 Å². The minimum atomic E-state index is -0.649. The second-order valence-electron chi connectivity index (χ2n) is 6.85. The first kappa shape index (κ1) is 24.0. The number of hydrogen-bond acceptors (Lipinski definition) is 8. The lowest BCUT2D eigenvalue weighted by Crippen LogP contribution is -2.14. The van der Waals surface area contributed by atoms with Crippen LogP contribution in [-0.4, -0.2) is 31.6 Å². The van der Waals surface area contributed by atoms with Gasteiger partial charge in [-0.15, -0.1) is 11.3 Å². The Morgan fingerprint density at radius 3 is 2.48 bits per heavy atom. The van der Waals surface area contributed by atoms with Crippen LogP contribution >= 0.6 is 11.3 Å². The van der Waals surface area contributed by atoms with E-state index in [1.54, 1.807) is 13.0 Å². The largest absolute Gasteiger partial charge is 0.486 e. The number of furan rings is 1. The Labute approximate surface area is 193 Å². The number of hydrogen-bond donors (Lipinski definition) is 1. The molecule has 0 radical (unpaired) electrons. The predicted octanol–water partition coefficient (Wildman–Crippen LogP) is 4.97. The summed E-state index contributed by atoms with van der Waals surface area (Å²) in [5.74, 6) is -1.49. The molecule has 1 N–H and O–H groups in total. The summed E-state index contributed by atoms with van der Waals surface area (Å²) < 4.78 is 34.0. The number of ether oxygens (including phenoxy) is 3. The summed E-state index contributed by atoms with van der Waals surface area (Å²) >= 11 is 0.915. The van der Waals surface area contributed by atoms with Crippen LogP contribution in [0.25, 0.3) is 0 Å². The van der Waals surface area contributed by atoms with Crippen molar-refractivity contribution in [3.63, 3.8) is 0 Å². The van der Waals surface area contributed by atoms with Gasteiger partial charge in [0.2, 0.25) is 0 Å². The first-order chi connectivity index (χ1) is 15.8. The maximum Gasteiger partial charge on any atom is 0.348 e. The van der Waals surface area contributed by atoms with Gasteiger partial charge in [-0.2, -0.15) is 0 Å². The predicted molar refractivity (Wildman–Crippen MR) is 118 cm³/mol. The summed E-state index contributed by atoms with van der Waals surface area (Å²) in [5.41, 5.74) is 0.449. The highest BCUT2D eigenvalue weighted by atomic mass is 32.1. The molecule has 0 saturated heterocycles. The van der Waals surface area contributed by atoms with Crippen LogP contribution in [0.2, 0.25) is 0 Å². The van der Waals surface area contributed by atoms with Crippen LogP contribution in [0.4, 0.5) is 9.39 Å². The van der Waals surface area contributed by atoms with E-state index in [2.05, 4.69) is 5.32 Å². The highest BCUT2D eigenvalue weighted by Crippen LogP contribution is 2.34. The fourth-order valence-electron chi connectivity index (χ4n) is 2.83. The molecule has 2 aromatic heterocycles. The molecule has 8 nitrogen and oxygen atoms in total. The van der Waals surface area contributed by atoms with E-state index >= 15 is 0 Å². The molecule has 0 fully saturated rings. The lowest BCUT2D eigenvalue weighted by molar-refractivity contribution is 0.0506. The van der Waals surface area contributed by atoms with Crippen LogP contribution in [-0.2, 0) is 16.1 Å². The van der Waals surface area contributed by atoms with Crippen molar-refractivity contribution in [2.45, 2.75) is 26.9 Å². The van der Waals surface area contributed by atoms with Gasteiger partial charge in [-0.05, 0) is 55.3 Å². The number of nitrogens with one attached hydrogen (secondary N) is 1. The van der Waals surface area contributed by atoms with Gasteiger partial charge in [-0.1, -0.05) is 6.92 Å². The smallest absolute Gasteiger partial charge is 0.348 e. The number of thiophene rings is 1. The zero-order chi connectivity index (χ0) is 24.0. The van der Waals surface area contributed by atoms with Crippen LogP contribution in [0.1, 0.15) is 55.3 Å². The Balaban J connectivity index is 1.75. The van der Waals surface area contributed by atoms with E-state index in [-0.39, 0.29) is 40.2 Å². The first-order valence-electron chi connectivity index (χ1n) is 10.0. The Bertz CT molecular complexity index is 1150. The molecule has 10 heteroatoms. The molecule has 0 aliphatic carbocycles. The van der Waals surface area contributed by atoms with E-state index in [1.807, 2.05) is 6.92 Å². The normalized spacial score (nSPS) is 10.5. The lowest BCUT2D eigenvalue weighted by Gasteiger charge is -2.07. The minimum Gasteiger partial charge on any atom is -0.486 e. The molecule has 0 aliphatic heterocycles. The van der Waals surface area contributed by atoms with Gasteiger partial charge in [0.25, 0.3) is 5.91 Å². The summed E-state index contributed by atoms with van der Waals surface area (Å²) in [4.78, 5) is 37.5. The van der Waals surface area contributed by atoms with E-state index < -0.39 is 17.8 Å². The van der Waals surface area contributed by atoms with Crippen LogP contribution in [0.3, 0.4) is 0 Å². The average molecular weight is 475 g/mol. The molecule has 3 rings (SSSR count). The molecule has 0 bridgehead atoms. The average Bonchev–Trinajstić information content (AvgIpc) is 3.41. The van der Waals surface area contributed by atoms with E-state index in [1.165, 1.54) is 37.4 Å². The van der Waals surface area contributed by atoms with Crippen LogP contribution in [0.5, 0.6) is 5.75 Å². The zero-order valence-electron chi connectivity index (χ0n) is 18.2. The van der Waals surface area contributed by atoms with Crippen LogP contribution in [0, 0.1) is 12.7 Å². The maximum atomic E-state index is 13.0. The molecule has 3 aromatic rings. The first-order valence-corrected chi connectivity index (χ1v) is 10.8. The number of rotatable bonds is 9. The summed E-state index contributed by atoms with van der Waals surface area (Å²) in [6.07, 6.45) is 0.621. The summed E-state index contributed by atoms with van der Waals surface area (Å²) in [7, 11) is 1.23. The van der Waals surface area contributed by atoms with Gasteiger partial charge in [-0.25, -0.2) is 14.0 Å². The number of methoxy groups -OCH3 is 1. The SMILES string of the molecule is CCCOC(=O)c1c(NC(=O)c2ccc(COc3ccc(F)cc3)o2)sc(C(=O)OC)c1C. The Hall–Kier alpha value is -3.66. The number of esters is 2.